The van der Waals surface area contributed by atoms with Gasteiger partial charge in [-0.15, -0.1) is 20.4 Å². The molecule has 0 aliphatic heterocycles. The van der Waals surface area contributed by atoms with Crippen molar-refractivity contribution in [1.82, 2.24) is 10.2 Å². The van der Waals surface area contributed by atoms with Crippen LogP contribution in [0.25, 0.3) is 0 Å². The van der Waals surface area contributed by atoms with Gasteiger partial charge in [-0.1, -0.05) is 11.3 Å². The third-order valence-corrected chi connectivity index (χ3v) is 3.85. The third kappa shape index (κ3) is 5.79. The summed E-state index contributed by atoms with van der Waals surface area (Å²) in [6.45, 7) is -0.480. The molecule has 2 rings (SSSR count). The highest BCUT2D eigenvalue weighted by Gasteiger charge is 2.18. The predicted molar refractivity (Wildman–Crippen MR) is 86.1 cm³/mol. The van der Waals surface area contributed by atoms with Gasteiger partial charge in [-0.25, -0.2) is 8.42 Å². The molecular weight excluding hydrogens is 376 g/mol. The van der Waals surface area contributed by atoms with Gasteiger partial charge in [0.15, 0.2) is 0 Å². The summed E-state index contributed by atoms with van der Waals surface area (Å²) >= 11 is 1.16. The third-order valence-electron chi connectivity index (χ3n) is 2.82. The molecule has 25 heavy (non-hydrogen) atoms. The average molecular weight is 387 g/mol. The summed E-state index contributed by atoms with van der Waals surface area (Å²) in [5, 5.41) is 26.5. The van der Waals surface area contributed by atoms with Crippen LogP contribution >= 0.6 is 11.3 Å². The highest BCUT2D eigenvalue weighted by Crippen LogP contribution is 2.32. The first-order valence-corrected chi connectivity index (χ1v) is 8.75. The summed E-state index contributed by atoms with van der Waals surface area (Å²) in [7, 11) is -3.32. The highest BCUT2D eigenvalue weighted by atomic mass is 32.3. The van der Waals surface area contributed by atoms with Crippen molar-refractivity contribution < 1.29 is 22.1 Å². The molecule has 0 amide bonds. The fraction of sp³-hybridized carbons (Fsp3) is 0.273. The lowest BCUT2D eigenvalue weighted by atomic mass is 10.2. The molecule has 134 valence electrons. The van der Waals surface area contributed by atoms with Gasteiger partial charge in [0, 0.05) is 19.7 Å². The van der Waals surface area contributed by atoms with Crippen LogP contribution in [0.2, 0.25) is 0 Å². The molecule has 0 spiro atoms. The van der Waals surface area contributed by atoms with Gasteiger partial charge in [-0.3, -0.25) is 14.3 Å². The van der Waals surface area contributed by atoms with Gasteiger partial charge in [0.25, 0.3) is 10.8 Å². The van der Waals surface area contributed by atoms with Crippen LogP contribution in [0.15, 0.2) is 33.9 Å². The van der Waals surface area contributed by atoms with Crippen molar-refractivity contribution in [2.24, 2.45) is 10.2 Å². The van der Waals surface area contributed by atoms with E-state index in [4.69, 9.17) is 0 Å². The number of aromatic nitrogens is 2. The van der Waals surface area contributed by atoms with Gasteiger partial charge >= 0.3 is 0 Å². The van der Waals surface area contributed by atoms with E-state index in [1.54, 1.807) is 0 Å². The Bertz CT molecular complexity index is 869. The quantitative estimate of drug-likeness (QED) is 0.216. The number of hydrogen-bond donors (Lipinski definition) is 0. The lowest BCUT2D eigenvalue weighted by Crippen LogP contribution is -2.24. The van der Waals surface area contributed by atoms with Crippen molar-refractivity contribution in [3.05, 3.63) is 33.8 Å². The molecule has 0 bridgehead atoms. The Morgan fingerprint density at radius 2 is 2.16 bits per heavy atom. The van der Waals surface area contributed by atoms with E-state index < -0.39 is 21.9 Å². The van der Waals surface area contributed by atoms with Crippen LogP contribution in [0.5, 0.6) is 0 Å². The molecule has 0 saturated carbocycles. The number of hydrogen-bond acceptors (Lipinski definition) is 12. The van der Waals surface area contributed by atoms with Gasteiger partial charge in [0.1, 0.15) is 11.2 Å². The summed E-state index contributed by atoms with van der Waals surface area (Å²) < 4.78 is 35.3. The first-order valence-electron chi connectivity index (χ1n) is 6.54. The molecular formula is C11H11N6O6S2-. The standard InChI is InChI=1S/C11H12N6O6S2/c1-16(4-5-23-25(20,21)22)9-3-2-8(6-10(9)17(18)19)13-15-11-14-12-7-24-11/h2-3,6-7H,4-5H2,1H3,(H,20,21,22)/p-1. The second kappa shape index (κ2) is 8.02. The Kier molecular flexibility index (Phi) is 6.02. The Balaban J connectivity index is 2.16. The average Bonchev–Trinajstić information content (AvgIpc) is 3.04. The van der Waals surface area contributed by atoms with Gasteiger partial charge in [0.05, 0.1) is 17.2 Å². The minimum atomic E-state index is -4.81. The molecule has 0 saturated heterocycles. The number of likely N-dealkylation sites (N-methyl/N-ethyl adjacent to an activating group) is 1. The maximum atomic E-state index is 11.3. The predicted octanol–water partition coefficient (Wildman–Crippen LogP) is 1.77. The molecule has 12 nitrogen and oxygen atoms in total. The number of nitrogens with zero attached hydrogens (tertiary/aromatic N) is 6. The number of nitro benzene ring substituents is 1. The maximum Gasteiger partial charge on any atom is 0.294 e. The minimum absolute atomic E-state index is 0.0477. The number of anilines is 1. The fourth-order valence-electron chi connectivity index (χ4n) is 1.75. The zero-order valence-corrected chi connectivity index (χ0v) is 14.3. The van der Waals surface area contributed by atoms with Crippen LogP contribution in [0.4, 0.5) is 22.2 Å². The lowest BCUT2D eigenvalue weighted by molar-refractivity contribution is -0.384. The van der Waals surface area contributed by atoms with Crippen LogP contribution in [0, 0.1) is 10.1 Å². The number of benzene rings is 1. The second-order valence-electron chi connectivity index (χ2n) is 4.50. The van der Waals surface area contributed by atoms with Crippen LogP contribution in [0.3, 0.4) is 0 Å². The van der Waals surface area contributed by atoms with Crippen molar-refractivity contribution in [2.45, 2.75) is 0 Å². The highest BCUT2D eigenvalue weighted by molar-refractivity contribution is 7.80. The topological polar surface area (TPSA) is 163 Å². The molecule has 0 aliphatic carbocycles. The van der Waals surface area contributed by atoms with Crippen LogP contribution in [-0.2, 0) is 14.6 Å². The van der Waals surface area contributed by atoms with E-state index in [0.717, 1.165) is 11.3 Å². The summed E-state index contributed by atoms with van der Waals surface area (Å²) in [5.74, 6) is 0. The maximum absolute atomic E-state index is 11.3. The van der Waals surface area contributed by atoms with E-state index in [-0.39, 0.29) is 23.6 Å². The van der Waals surface area contributed by atoms with Gasteiger partial charge in [0.2, 0.25) is 10.4 Å². The molecule has 1 aromatic carbocycles. The number of azo groups is 1. The molecule has 0 aliphatic rings. The Morgan fingerprint density at radius 3 is 2.76 bits per heavy atom. The fourth-order valence-corrected chi connectivity index (χ4v) is 2.40. The normalized spacial score (nSPS) is 11.8. The van der Waals surface area contributed by atoms with Crippen molar-refractivity contribution in [1.29, 1.82) is 0 Å². The van der Waals surface area contributed by atoms with Crippen LogP contribution < -0.4 is 4.90 Å². The van der Waals surface area contributed by atoms with Crippen molar-refractivity contribution in [3.63, 3.8) is 0 Å². The number of rotatable bonds is 8. The van der Waals surface area contributed by atoms with Crippen molar-refractivity contribution in [2.75, 3.05) is 25.1 Å². The summed E-state index contributed by atoms with van der Waals surface area (Å²) in [4.78, 5) is 12.0. The van der Waals surface area contributed by atoms with Gasteiger partial charge in [-0.05, 0) is 12.1 Å². The zero-order chi connectivity index (χ0) is 18.4. The van der Waals surface area contributed by atoms with Crippen molar-refractivity contribution in [3.8, 4) is 0 Å². The molecule has 0 radical (unpaired) electrons. The molecule has 0 N–H and O–H groups in total. The van der Waals surface area contributed by atoms with Gasteiger partial charge in [-0.2, -0.15) is 0 Å². The van der Waals surface area contributed by atoms with E-state index in [1.807, 2.05) is 0 Å². The van der Waals surface area contributed by atoms with Gasteiger partial charge < -0.3 is 9.45 Å². The first kappa shape index (κ1) is 18.8. The molecule has 14 heteroatoms. The van der Waals surface area contributed by atoms with E-state index in [0.29, 0.717) is 5.13 Å². The summed E-state index contributed by atoms with van der Waals surface area (Å²) in [6.07, 6.45) is 0. The Hall–Kier alpha value is -2.55. The van der Waals surface area contributed by atoms with E-state index in [9.17, 15) is 23.1 Å². The van der Waals surface area contributed by atoms with Crippen molar-refractivity contribution >= 4 is 43.9 Å². The van der Waals surface area contributed by atoms with E-state index >= 15 is 0 Å². The molecule has 0 atom stereocenters. The molecule has 1 aromatic heterocycles. The molecule has 1 heterocycles. The molecule has 0 unspecified atom stereocenters. The molecule has 0 fully saturated rings. The zero-order valence-electron chi connectivity index (χ0n) is 12.7. The minimum Gasteiger partial charge on any atom is -0.726 e. The van der Waals surface area contributed by atoms with E-state index in [2.05, 4.69) is 24.6 Å². The number of nitro groups is 1. The largest absolute Gasteiger partial charge is 0.726 e. The second-order valence-corrected chi connectivity index (χ2v) is 6.37. The summed E-state index contributed by atoms with van der Waals surface area (Å²) in [5.41, 5.74) is 1.64. The monoisotopic (exact) mass is 387 g/mol. The lowest BCUT2D eigenvalue weighted by Gasteiger charge is -2.19. The smallest absolute Gasteiger partial charge is 0.294 e. The Morgan fingerprint density at radius 1 is 1.40 bits per heavy atom. The first-order chi connectivity index (χ1) is 11.8. The summed E-state index contributed by atoms with van der Waals surface area (Å²) in [6, 6.07) is 4.13. The SMILES string of the molecule is CN(CCOS(=O)(=O)[O-])c1ccc(N=Nc2nncs2)cc1[N+](=O)[O-]. The van der Waals surface area contributed by atoms with Crippen LogP contribution in [-0.4, -0.2) is 48.3 Å². The molecule has 2 aromatic rings. The van der Waals surface area contributed by atoms with Crippen LogP contribution in [0.1, 0.15) is 0 Å². The Labute approximate surface area is 145 Å². The van der Waals surface area contributed by atoms with E-state index in [1.165, 1.54) is 35.7 Å².